The summed E-state index contributed by atoms with van der Waals surface area (Å²) in [7, 11) is 2.95. The molecule has 6 nitrogen and oxygen atoms in total. The second-order valence-corrected chi connectivity index (χ2v) is 5.34. The van der Waals surface area contributed by atoms with Crippen molar-refractivity contribution in [2.24, 2.45) is 0 Å². The number of benzene rings is 2. The fourth-order valence-electron chi connectivity index (χ4n) is 2.29. The molecule has 0 bridgehead atoms. The van der Waals surface area contributed by atoms with Crippen LogP contribution in [0.1, 0.15) is 28.9 Å². The maximum Gasteiger partial charge on any atom is 0.342 e. The predicted octanol–water partition coefficient (Wildman–Crippen LogP) is 2.74. The molecular formula is C19H21NO5. The minimum absolute atomic E-state index is 0.182. The third kappa shape index (κ3) is 4.97. The van der Waals surface area contributed by atoms with Crippen molar-refractivity contribution >= 4 is 11.9 Å². The normalized spacial score (nSPS) is 11.3. The van der Waals surface area contributed by atoms with E-state index in [4.69, 9.17) is 14.2 Å². The van der Waals surface area contributed by atoms with Gasteiger partial charge in [0, 0.05) is 0 Å². The van der Waals surface area contributed by atoms with Gasteiger partial charge in [0.1, 0.15) is 17.1 Å². The van der Waals surface area contributed by atoms with Gasteiger partial charge >= 0.3 is 5.97 Å². The Labute approximate surface area is 146 Å². The molecule has 0 saturated carbocycles. The monoisotopic (exact) mass is 343 g/mol. The molecule has 1 N–H and O–H groups in total. The Bertz CT molecular complexity index is 730. The zero-order chi connectivity index (χ0) is 18.2. The molecule has 25 heavy (non-hydrogen) atoms. The lowest BCUT2D eigenvalue weighted by Gasteiger charge is -2.15. The molecule has 2 rings (SSSR count). The number of methoxy groups -OCH3 is 2. The highest BCUT2D eigenvalue weighted by atomic mass is 16.5. The molecule has 0 radical (unpaired) electrons. The summed E-state index contributed by atoms with van der Waals surface area (Å²) in [5, 5.41) is 2.78. The standard InChI is InChI=1S/C19H21NO5/c1-13(14-7-5-4-6-8-14)20-18(21)12-25-19(22)16-11-15(23-2)9-10-17(16)24-3/h4-11,13H,12H2,1-3H3,(H,20,21)/t13-/m1/s1. The Morgan fingerprint density at radius 3 is 2.40 bits per heavy atom. The Morgan fingerprint density at radius 1 is 1.04 bits per heavy atom. The molecule has 0 aliphatic heterocycles. The Kier molecular flexibility index (Phi) is 6.39. The maximum absolute atomic E-state index is 12.2. The molecule has 0 spiro atoms. The van der Waals surface area contributed by atoms with Gasteiger partial charge < -0.3 is 19.5 Å². The molecule has 0 aliphatic carbocycles. The maximum atomic E-state index is 12.2. The second kappa shape index (κ2) is 8.73. The van der Waals surface area contributed by atoms with Gasteiger partial charge in [0.25, 0.3) is 5.91 Å². The van der Waals surface area contributed by atoms with E-state index in [2.05, 4.69) is 5.32 Å². The van der Waals surface area contributed by atoms with Gasteiger partial charge in [-0.05, 0) is 30.7 Å². The van der Waals surface area contributed by atoms with Crippen LogP contribution >= 0.6 is 0 Å². The lowest BCUT2D eigenvalue weighted by atomic mass is 10.1. The van der Waals surface area contributed by atoms with Crippen molar-refractivity contribution in [3.05, 3.63) is 59.7 Å². The van der Waals surface area contributed by atoms with E-state index in [0.717, 1.165) is 5.56 Å². The zero-order valence-corrected chi connectivity index (χ0v) is 14.4. The summed E-state index contributed by atoms with van der Waals surface area (Å²) < 4.78 is 15.3. The minimum Gasteiger partial charge on any atom is -0.497 e. The van der Waals surface area contributed by atoms with Crippen molar-refractivity contribution in [2.75, 3.05) is 20.8 Å². The predicted molar refractivity (Wildman–Crippen MR) is 92.8 cm³/mol. The van der Waals surface area contributed by atoms with Crippen LogP contribution in [0.2, 0.25) is 0 Å². The third-order valence-corrected chi connectivity index (χ3v) is 3.64. The first-order valence-electron chi connectivity index (χ1n) is 7.78. The number of amides is 1. The van der Waals surface area contributed by atoms with Gasteiger partial charge in [-0.25, -0.2) is 4.79 Å². The van der Waals surface area contributed by atoms with Crippen LogP contribution < -0.4 is 14.8 Å². The molecule has 0 saturated heterocycles. The van der Waals surface area contributed by atoms with Gasteiger partial charge in [0.2, 0.25) is 0 Å². The summed E-state index contributed by atoms with van der Waals surface area (Å²) >= 11 is 0. The smallest absolute Gasteiger partial charge is 0.342 e. The van der Waals surface area contributed by atoms with Crippen LogP contribution in [-0.4, -0.2) is 32.7 Å². The van der Waals surface area contributed by atoms with Crippen molar-refractivity contribution in [2.45, 2.75) is 13.0 Å². The van der Waals surface area contributed by atoms with Crippen LogP contribution in [0, 0.1) is 0 Å². The number of hydrogen-bond donors (Lipinski definition) is 1. The van der Waals surface area contributed by atoms with Crippen molar-refractivity contribution in [1.82, 2.24) is 5.32 Å². The fraction of sp³-hybridized carbons (Fsp3) is 0.263. The van der Waals surface area contributed by atoms with E-state index in [1.807, 2.05) is 37.3 Å². The van der Waals surface area contributed by atoms with E-state index < -0.39 is 5.97 Å². The van der Waals surface area contributed by atoms with E-state index in [0.29, 0.717) is 11.5 Å². The Morgan fingerprint density at radius 2 is 1.76 bits per heavy atom. The first-order valence-corrected chi connectivity index (χ1v) is 7.78. The van der Waals surface area contributed by atoms with E-state index >= 15 is 0 Å². The summed E-state index contributed by atoms with van der Waals surface area (Å²) in [6.07, 6.45) is 0. The molecule has 0 aromatic heterocycles. The van der Waals surface area contributed by atoms with Crippen LogP contribution in [0.3, 0.4) is 0 Å². The zero-order valence-electron chi connectivity index (χ0n) is 14.4. The van der Waals surface area contributed by atoms with E-state index in [9.17, 15) is 9.59 Å². The van der Waals surface area contributed by atoms with Gasteiger partial charge in [-0.15, -0.1) is 0 Å². The lowest BCUT2D eigenvalue weighted by Crippen LogP contribution is -2.31. The molecule has 1 atom stereocenters. The molecule has 0 heterocycles. The van der Waals surface area contributed by atoms with Crippen LogP contribution in [0.5, 0.6) is 11.5 Å². The number of esters is 1. The van der Waals surface area contributed by atoms with Crippen molar-refractivity contribution in [3.63, 3.8) is 0 Å². The number of nitrogens with one attached hydrogen (secondary N) is 1. The molecule has 2 aromatic carbocycles. The van der Waals surface area contributed by atoms with Gasteiger partial charge in [0.05, 0.1) is 20.3 Å². The quantitative estimate of drug-likeness (QED) is 0.783. The largest absolute Gasteiger partial charge is 0.497 e. The van der Waals surface area contributed by atoms with Gasteiger partial charge in [0.15, 0.2) is 6.61 Å². The molecule has 0 unspecified atom stereocenters. The molecule has 0 aliphatic rings. The number of ether oxygens (including phenoxy) is 3. The third-order valence-electron chi connectivity index (χ3n) is 3.64. The molecule has 2 aromatic rings. The molecule has 0 fully saturated rings. The van der Waals surface area contributed by atoms with E-state index in [1.165, 1.54) is 20.3 Å². The number of carbonyl (C=O) groups excluding carboxylic acids is 2. The highest BCUT2D eigenvalue weighted by Gasteiger charge is 2.17. The van der Waals surface area contributed by atoms with Gasteiger partial charge in [-0.3, -0.25) is 4.79 Å². The molecule has 1 amide bonds. The van der Waals surface area contributed by atoms with Crippen LogP contribution in [0.4, 0.5) is 0 Å². The fourth-order valence-corrected chi connectivity index (χ4v) is 2.29. The number of hydrogen-bond acceptors (Lipinski definition) is 5. The van der Waals surface area contributed by atoms with Crippen molar-refractivity contribution in [3.8, 4) is 11.5 Å². The number of carbonyl (C=O) groups is 2. The molecule has 6 heteroatoms. The van der Waals surface area contributed by atoms with Crippen LogP contribution in [0.15, 0.2) is 48.5 Å². The minimum atomic E-state index is -0.654. The lowest BCUT2D eigenvalue weighted by molar-refractivity contribution is -0.124. The SMILES string of the molecule is COc1ccc(OC)c(C(=O)OCC(=O)N[C@H](C)c2ccccc2)c1. The van der Waals surface area contributed by atoms with E-state index in [1.54, 1.807) is 12.1 Å². The topological polar surface area (TPSA) is 73.9 Å². The first kappa shape index (κ1) is 18.3. The summed E-state index contributed by atoms with van der Waals surface area (Å²) in [4.78, 5) is 24.2. The summed E-state index contributed by atoms with van der Waals surface area (Å²) in [5.41, 5.74) is 1.17. The summed E-state index contributed by atoms with van der Waals surface area (Å²) in [6.45, 7) is 1.48. The van der Waals surface area contributed by atoms with Gasteiger partial charge in [-0.1, -0.05) is 30.3 Å². The number of rotatable bonds is 7. The van der Waals surface area contributed by atoms with Crippen LogP contribution in [-0.2, 0) is 9.53 Å². The molecule has 132 valence electrons. The summed E-state index contributed by atoms with van der Waals surface area (Å²) in [5.74, 6) is -0.191. The Balaban J connectivity index is 1.94. The highest BCUT2D eigenvalue weighted by molar-refractivity contribution is 5.94. The average Bonchev–Trinajstić information content (AvgIpc) is 2.66. The van der Waals surface area contributed by atoms with Crippen molar-refractivity contribution < 1.29 is 23.8 Å². The molecular weight excluding hydrogens is 322 g/mol. The first-order chi connectivity index (χ1) is 12.0. The van der Waals surface area contributed by atoms with E-state index in [-0.39, 0.29) is 24.1 Å². The van der Waals surface area contributed by atoms with Crippen LogP contribution in [0.25, 0.3) is 0 Å². The highest BCUT2D eigenvalue weighted by Crippen LogP contribution is 2.24. The summed E-state index contributed by atoms with van der Waals surface area (Å²) in [6, 6.07) is 14.1. The van der Waals surface area contributed by atoms with Gasteiger partial charge in [-0.2, -0.15) is 0 Å². The average molecular weight is 343 g/mol. The second-order valence-electron chi connectivity index (χ2n) is 5.34. The van der Waals surface area contributed by atoms with Crippen molar-refractivity contribution in [1.29, 1.82) is 0 Å². The Hall–Kier alpha value is -3.02.